The second-order valence-electron chi connectivity index (χ2n) is 2.72. The van der Waals surface area contributed by atoms with E-state index in [1.165, 1.54) is 0 Å². The lowest BCUT2D eigenvalue weighted by atomic mass is 10.0. The molecule has 0 amide bonds. The van der Waals surface area contributed by atoms with Gasteiger partial charge in [0.15, 0.2) is 0 Å². The molecular weight excluding hydrogens is 184 g/mol. The van der Waals surface area contributed by atoms with Gasteiger partial charge >= 0.3 is 0 Å². The van der Waals surface area contributed by atoms with Gasteiger partial charge in [-0.3, -0.25) is 0 Å². The topological polar surface area (TPSA) is 90.2 Å². The van der Waals surface area contributed by atoms with Gasteiger partial charge < -0.3 is 25.2 Å². The first-order valence-electron chi connectivity index (χ1n) is 3.56. The quantitative estimate of drug-likeness (QED) is 0.305. The van der Waals surface area contributed by atoms with Gasteiger partial charge in [0, 0.05) is 0 Å². The van der Waals surface area contributed by atoms with Gasteiger partial charge in [0.25, 0.3) is 0 Å². The van der Waals surface area contributed by atoms with Crippen molar-refractivity contribution >= 4 is 12.6 Å². The third kappa shape index (κ3) is 1.73. The molecule has 0 spiro atoms. The van der Waals surface area contributed by atoms with Gasteiger partial charge in [0.1, 0.15) is 29.9 Å². The predicted molar refractivity (Wildman–Crippen MR) is 42.8 cm³/mol. The van der Waals surface area contributed by atoms with Crippen LogP contribution < -0.4 is 0 Å². The lowest BCUT2D eigenvalue weighted by molar-refractivity contribution is -0.205. The number of aliphatic hydroxyl groups is 4. The van der Waals surface area contributed by atoms with E-state index in [2.05, 4.69) is 12.6 Å². The van der Waals surface area contributed by atoms with Gasteiger partial charge in [-0.05, 0) is 0 Å². The highest BCUT2D eigenvalue weighted by molar-refractivity contribution is 7.80. The van der Waals surface area contributed by atoms with Crippen molar-refractivity contribution < 1.29 is 25.2 Å². The number of aliphatic hydroxyl groups excluding tert-OH is 4. The van der Waals surface area contributed by atoms with Crippen LogP contribution >= 0.6 is 12.6 Å². The highest BCUT2D eigenvalue weighted by Gasteiger charge is 2.41. The average molecular weight is 196 g/mol. The molecule has 1 aliphatic heterocycles. The summed E-state index contributed by atoms with van der Waals surface area (Å²) in [5, 5.41) is 36.2. The van der Waals surface area contributed by atoms with Crippen LogP contribution in [0.1, 0.15) is 0 Å². The van der Waals surface area contributed by atoms with E-state index < -0.39 is 36.5 Å². The lowest BCUT2D eigenvalue weighted by Crippen LogP contribution is -2.56. The molecule has 4 N–H and O–H groups in total. The standard InChI is InChI=1S/C6H12O5S/c7-1-2-3(8)4(9)5(10)6(12)11-2/h2-10,12H,1H2/t2?,3-,4?,5+,6?/m1/s1. The zero-order valence-electron chi connectivity index (χ0n) is 6.24. The summed E-state index contributed by atoms with van der Waals surface area (Å²) < 4.78 is 4.88. The zero-order chi connectivity index (χ0) is 9.30. The van der Waals surface area contributed by atoms with Crippen LogP contribution in [0.3, 0.4) is 0 Å². The Balaban J connectivity index is 2.63. The third-order valence-corrected chi connectivity index (χ3v) is 2.29. The second kappa shape index (κ2) is 3.91. The molecule has 12 heavy (non-hydrogen) atoms. The Labute approximate surface area is 75.0 Å². The van der Waals surface area contributed by atoms with Crippen molar-refractivity contribution in [1.29, 1.82) is 0 Å². The van der Waals surface area contributed by atoms with Crippen LogP contribution in [0.15, 0.2) is 0 Å². The molecule has 1 saturated heterocycles. The highest BCUT2D eigenvalue weighted by atomic mass is 32.1. The SMILES string of the molecule is OCC1OC(S)[C@@H](O)C(O)[C@@H]1O. The number of hydrogen-bond donors (Lipinski definition) is 5. The van der Waals surface area contributed by atoms with Gasteiger partial charge in [-0.2, -0.15) is 0 Å². The molecule has 0 radical (unpaired) electrons. The van der Waals surface area contributed by atoms with Crippen molar-refractivity contribution in [2.75, 3.05) is 6.61 Å². The predicted octanol–water partition coefficient (Wildman–Crippen LogP) is -2.28. The summed E-state index contributed by atoms with van der Waals surface area (Å²) in [5.74, 6) is 0. The maximum absolute atomic E-state index is 9.20. The fourth-order valence-corrected chi connectivity index (χ4v) is 1.41. The van der Waals surface area contributed by atoms with Crippen LogP contribution in [0.5, 0.6) is 0 Å². The van der Waals surface area contributed by atoms with E-state index in [4.69, 9.17) is 14.9 Å². The number of rotatable bonds is 1. The average Bonchev–Trinajstić information content (AvgIpc) is 2.08. The number of thiol groups is 1. The van der Waals surface area contributed by atoms with Crippen LogP contribution in [0.25, 0.3) is 0 Å². The summed E-state index contributed by atoms with van der Waals surface area (Å²) in [5.41, 5.74) is -0.874. The van der Waals surface area contributed by atoms with Crippen molar-refractivity contribution in [2.24, 2.45) is 0 Å². The Bertz CT molecular complexity index is 150. The van der Waals surface area contributed by atoms with E-state index in [0.29, 0.717) is 0 Å². The summed E-state index contributed by atoms with van der Waals surface area (Å²) in [6.45, 7) is -0.415. The van der Waals surface area contributed by atoms with Gasteiger partial charge in [-0.15, -0.1) is 12.6 Å². The molecule has 0 saturated carbocycles. The van der Waals surface area contributed by atoms with E-state index in [-0.39, 0.29) is 0 Å². The molecule has 0 aromatic rings. The minimum Gasteiger partial charge on any atom is -0.394 e. The number of hydrogen-bond acceptors (Lipinski definition) is 6. The Kier molecular flexibility index (Phi) is 3.33. The normalized spacial score (nSPS) is 49.2. The first kappa shape index (κ1) is 10.2. The minimum absolute atomic E-state index is 0.415. The molecule has 0 aromatic heterocycles. The number of ether oxygens (including phenoxy) is 1. The summed E-state index contributed by atoms with van der Waals surface area (Å²) in [4.78, 5) is 0. The minimum atomic E-state index is -1.32. The molecule has 0 aromatic carbocycles. The zero-order valence-corrected chi connectivity index (χ0v) is 7.13. The Morgan fingerprint density at radius 1 is 1.08 bits per heavy atom. The van der Waals surface area contributed by atoms with E-state index in [1.54, 1.807) is 0 Å². The van der Waals surface area contributed by atoms with Crippen molar-refractivity contribution in [3.8, 4) is 0 Å². The van der Waals surface area contributed by atoms with Gasteiger partial charge in [-0.25, -0.2) is 0 Å². The molecular formula is C6H12O5S. The van der Waals surface area contributed by atoms with Gasteiger partial charge in [0.05, 0.1) is 6.61 Å². The summed E-state index contributed by atoms with van der Waals surface area (Å²) in [6.07, 6.45) is -4.70. The van der Waals surface area contributed by atoms with Crippen molar-refractivity contribution in [3.63, 3.8) is 0 Å². The molecule has 72 valence electrons. The molecule has 0 aliphatic carbocycles. The molecule has 5 nitrogen and oxygen atoms in total. The van der Waals surface area contributed by atoms with Crippen molar-refractivity contribution in [3.05, 3.63) is 0 Å². The third-order valence-electron chi connectivity index (χ3n) is 1.87. The molecule has 6 heteroatoms. The van der Waals surface area contributed by atoms with Crippen LogP contribution in [0, 0.1) is 0 Å². The molecule has 1 heterocycles. The Morgan fingerprint density at radius 2 is 1.67 bits per heavy atom. The molecule has 1 rings (SSSR count). The largest absolute Gasteiger partial charge is 0.394 e. The maximum Gasteiger partial charge on any atom is 0.129 e. The first-order chi connectivity index (χ1) is 5.57. The highest BCUT2D eigenvalue weighted by Crippen LogP contribution is 2.22. The van der Waals surface area contributed by atoms with E-state index in [9.17, 15) is 10.2 Å². The fraction of sp³-hybridized carbons (Fsp3) is 1.00. The molecule has 1 fully saturated rings. The molecule has 5 atom stereocenters. The molecule has 0 bridgehead atoms. The summed E-state index contributed by atoms with van der Waals surface area (Å²) in [6, 6.07) is 0. The smallest absolute Gasteiger partial charge is 0.129 e. The summed E-state index contributed by atoms with van der Waals surface area (Å²) in [7, 11) is 0. The van der Waals surface area contributed by atoms with E-state index in [0.717, 1.165) is 0 Å². The van der Waals surface area contributed by atoms with Crippen LogP contribution in [-0.4, -0.2) is 56.9 Å². The molecule has 3 unspecified atom stereocenters. The Morgan fingerprint density at radius 3 is 2.17 bits per heavy atom. The first-order valence-corrected chi connectivity index (χ1v) is 4.08. The van der Waals surface area contributed by atoms with E-state index >= 15 is 0 Å². The summed E-state index contributed by atoms with van der Waals surface area (Å²) >= 11 is 3.81. The molecule has 1 aliphatic rings. The fourth-order valence-electron chi connectivity index (χ4n) is 1.08. The van der Waals surface area contributed by atoms with Crippen LogP contribution in [0.2, 0.25) is 0 Å². The monoisotopic (exact) mass is 196 g/mol. The van der Waals surface area contributed by atoms with Crippen LogP contribution in [0.4, 0.5) is 0 Å². The second-order valence-corrected chi connectivity index (χ2v) is 3.23. The Hall–Kier alpha value is 0.150. The maximum atomic E-state index is 9.20. The van der Waals surface area contributed by atoms with Gasteiger partial charge in [-0.1, -0.05) is 0 Å². The van der Waals surface area contributed by atoms with Crippen molar-refractivity contribution in [2.45, 2.75) is 29.9 Å². The van der Waals surface area contributed by atoms with Crippen LogP contribution in [-0.2, 0) is 4.74 Å². The van der Waals surface area contributed by atoms with E-state index in [1.807, 2.05) is 0 Å². The lowest BCUT2D eigenvalue weighted by Gasteiger charge is -2.37. The van der Waals surface area contributed by atoms with Gasteiger partial charge in [0.2, 0.25) is 0 Å². The van der Waals surface area contributed by atoms with Crippen molar-refractivity contribution in [1.82, 2.24) is 0 Å².